The summed E-state index contributed by atoms with van der Waals surface area (Å²) in [5, 5.41) is 40.2. The summed E-state index contributed by atoms with van der Waals surface area (Å²) in [4.78, 5) is 31.8. The fraction of sp³-hybridized carbons (Fsp3) is 0.0556. The van der Waals surface area contributed by atoms with Gasteiger partial charge in [-0.15, -0.1) is 0 Å². The predicted molar refractivity (Wildman–Crippen MR) is 102 cm³/mol. The van der Waals surface area contributed by atoms with Crippen LogP contribution < -0.4 is 0 Å². The number of aryl methyl sites for hydroxylation is 1. The molecule has 0 fully saturated rings. The lowest BCUT2D eigenvalue weighted by Gasteiger charge is -2.03. The first-order valence-electron chi connectivity index (χ1n) is 7.98. The molecule has 1 N–H and O–H groups in total. The van der Waals surface area contributed by atoms with Crippen LogP contribution in [-0.2, 0) is 0 Å². The van der Waals surface area contributed by atoms with Gasteiger partial charge in [-0.2, -0.15) is 0 Å². The summed E-state index contributed by atoms with van der Waals surface area (Å²) in [6.45, 7) is 2.08. The van der Waals surface area contributed by atoms with Gasteiger partial charge in [-0.3, -0.25) is 35.3 Å². The van der Waals surface area contributed by atoms with Crippen LogP contribution in [0, 0.1) is 37.3 Å². The standard InChI is InChI=1S/C12H11N.C6H3N3O7/c1-10-9-13-8-7-12(10)11-5-3-2-4-6-11;10-6-4(8(13)14)1-3(7(11)12)2-5(6)9(15)16/h2-9H,1H3;1-2,10H. The SMILES string of the molecule is Cc1cnccc1-c1ccccc1.O=[N+]([O-])c1cc([N+](=O)[O-])c(O)c([N+](=O)[O-])c1. The molecule has 0 radical (unpaired) electrons. The van der Waals surface area contributed by atoms with Crippen LogP contribution in [0.15, 0.2) is 60.9 Å². The van der Waals surface area contributed by atoms with Gasteiger partial charge in [-0.25, -0.2) is 0 Å². The van der Waals surface area contributed by atoms with E-state index in [0.29, 0.717) is 12.1 Å². The van der Waals surface area contributed by atoms with Crippen LogP contribution in [0.4, 0.5) is 17.1 Å². The molecule has 0 amide bonds. The van der Waals surface area contributed by atoms with Gasteiger partial charge in [-0.05, 0) is 29.7 Å². The lowest BCUT2D eigenvalue weighted by atomic mass is 10.0. The maximum Gasteiger partial charge on any atom is 0.324 e. The van der Waals surface area contributed by atoms with Crippen molar-refractivity contribution in [2.24, 2.45) is 0 Å². The highest BCUT2D eigenvalue weighted by molar-refractivity contribution is 5.66. The predicted octanol–water partition coefficient (Wildman–Crippen LogP) is 4.17. The van der Waals surface area contributed by atoms with Crippen molar-refractivity contribution >= 4 is 17.1 Å². The first-order valence-corrected chi connectivity index (χ1v) is 7.98. The fourth-order valence-corrected chi connectivity index (χ4v) is 2.39. The average molecular weight is 398 g/mol. The van der Waals surface area contributed by atoms with Crippen LogP contribution in [0.5, 0.6) is 5.75 Å². The number of rotatable bonds is 4. The molecule has 0 aliphatic rings. The number of hydrogen-bond donors (Lipinski definition) is 1. The average Bonchev–Trinajstić information content (AvgIpc) is 2.69. The topological polar surface area (TPSA) is 163 Å². The van der Waals surface area contributed by atoms with Gasteiger partial charge in [-0.1, -0.05) is 30.3 Å². The summed E-state index contributed by atoms with van der Waals surface area (Å²) in [6, 6.07) is 13.3. The number of aromatic hydroxyl groups is 1. The monoisotopic (exact) mass is 398 g/mol. The second-order valence-electron chi connectivity index (χ2n) is 5.66. The first-order chi connectivity index (χ1) is 13.7. The Balaban J connectivity index is 0.000000211. The lowest BCUT2D eigenvalue weighted by molar-refractivity contribution is -0.404. The molecule has 148 valence electrons. The van der Waals surface area contributed by atoms with Gasteiger partial charge >= 0.3 is 11.4 Å². The minimum Gasteiger partial charge on any atom is -0.497 e. The Morgan fingerprint density at radius 3 is 1.86 bits per heavy atom. The molecule has 0 saturated carbocycles. The number of hydrogen-bond acceptors (Lipinski definition) is 8. The minimum absolute atomic E-state index is 0.447. The zero-order valence-electron chi connectivity index (χ0n) is 15.0. The number of non-ortho nitro benzene ring substituents is 1. The van der Waals surface area contributed by atoms with Crippen LogP contribution in [-0.4, -0.2) is 24.9 Å². The quantitative estimate of drug-likeness (QED) is 0.505. The van der Waals surface area contributed by atoms with E-state index in [-0.39, 0.29) is 0 Å². The number of pyridine rings is 1. The van der Waals surface area contributed by atoms with Crippen molar-refractivity contribution in [3.8, 4) is 16.9 Å². The second kappa shape index (κ2) is 8.99. The molecule has 11 nitrogen and oxygen atoms in total. The van der Waals surface area contributed by atoms with Crippen LogP contribution in [0.25, 0.3) is 11.1 Å². The highest BCUT2D eigenvalue weighted by atomic mass is 16.6. The number of nitro groups is 3. The number of aromatic nitrogens is 1. The molecule has 0 atom stereocenters. The molecule has 2 aromatic carbocycles. The minimum atomic E-state index is -1.21. The number of nitro benzene ring substituents is 3. The smallest absolute Gasteiger partial charge is 0.324 e. The van der Waals surface area contributed by atoms with Crippen molar-refractivity contribution < 1.29 is 19.9 Å². The number of benzene rings is 2. The molecule has 0 unspecified atom stereocenters. The van der Waals surface area contributed by atoms with E-state index < -0.39 is 37.6 Å². The highest BCUT2D eigenvalue weighted by Gasteiger charge is 2.30. The Morgan fingerprint density at radius 1 is 0.862 bits per heavy atom. The molecule has 3 rings (SSSR count). The van der Waals surface area contributed by atoms with Gasteiger partial charge in [0.2, 0.25) is 0 Å². The molecule has 0 saturated heterocycles. The Bertz CT molecular complexity index is 1040. The van der Waals surface area contributed by atoms with E-state index in [2.05, 4.69) is 36.2 Å². The fourth-order valence-electron chi connectivity index (χ4n) is 2.39. The van der Waals surface area contributed by atoms with Crippen molar-refractivity contribution in [3.63, 3.8) is 0 Å². The van der Waals surface area contributed by atoms with E-state index in [1.807, 2.05) is 24.5 Å². The summed E-state index contributed by atoms with van der Waals surface area (Å²) in [7, 11) is 0. The Hall–Kier alpha value is -4.41. The normalized spacial score (nSPS) is 9.83. The van der Waals surface area contributed by atoms with Gasteiger partial charge < -0.3 is 5.11 Å². The van der Waals surface area contributed by atoms with E-state index in [9.17, 15) is 30.3 Å². The molecule has 1 heterocycles. The molecule has 0 spiro atoms. The summed E-state index contributed by atoms with van der Waals surface area (Å²) in [6.07, 6.45) is 3.72. The van der Waals surface area contributed by atoms with Crippen LogP contribution in [0.1, 0.15) is 5.56 Å². The summed E-state index contributed by atoms with van der Waals surface area (Å²) < 4.78 is 0. The molecular weight excluding hydrogens is 384 g/mol. The third kappa shape index (κ3) is 5.07. The van der Waals surface area contributed by atoms with Gasteiger partial charge in [0.05, 0.1) is 26.9 Å². The van der Waals surface area contributed by atoms with E-state index in [0.717, 1.165) is 0 Å². The van der Waals surface area contributed by atoms with Crippen molar-refractivity contribution in [3.05, 3.63) is 96.8 Å². The summed E-state index contributed by atoms with van der Waals surface area (Å²) in [5.74, 6) is -1.21. The molecule has 0 bridgehead atoms. The Kier molecular flexibility index (Phi) is 6.48. The summed E-state index contributed by atoms with van der Waals surface area (Å²) >= 11 is 0. The number of phenolic OH excluding ortho intramolecular Hbond substituents is 1. The Labute approximate surface area is 163 Å². The van der Waals surface area contributed by atoms with E-state index in [1.54, 1.807) is 0 Å². The van der Waals surface area contributed by atoms with E-state index in [4.69, 9.17) is 5.11 Å². The molecule has 0 aliphatic heterocycles. The first kappa shape index (κ1) is 20.9. The molecule has 11 heteroatoms. The second-order valence-corrected chi connectivity index (χ2v) is 5.66. The number of nitrogens with zero attached hydrogens (tertiary/aromatic N) is 4. The van der Waals surface area contributed by atoms with E-state index in [1.165, 1.54) is 16.7 Å². The molecule has 0 aliphatic carbocycles. The van der Waals surface area contributed by atoms with Gasteiger partial charge in [0.15, 0.2) is 0 Å². The zero-order chi connectivity index (χ0) is 21.6. The van der Waals surface area contributed by atoms with Gasteiger partial charge in [0.25, 0.3) is 11.4 Å². The van der Waals surface area contributed by atoms with Gasteiger partial charge in [0, 0.05) is 12.4 Å². The van der Waals surface area contributed by atoms with Crippen LogP contribution >= 0.6 is 0 Å². The number of phenols is 1. The van der Waals surface area contributed by atoms with Crippen molar-refractivity contribution in [1.82, 2.24) is 4.98 Å². The third-order valence-corrected chi connectivity index (χ3v) is 3.76. The molecular formula is C18H14N4O7. The highest BCUT2D eigenvalue weighted by Crippen LogP contribution is 2.38. The van der Waals surface area contributed by atoms with Crippen molar-refractivity contribution in [2.45, 2.75) is 6.92 Å². The van der Waals surface area contributed by atoms with Crippen molar-refractivity contribution in [2.75, 3.05) is 0 Å². The zero-order valence-corrected chi connectivity index (χ0v) is 15.0. The van der Waals surface area contributed by atoms with E-state index >= 15 is 0 Å². The van der Waals surface area contributed by atoms with Crippen molar-refractivity contribution in [1.29, 1.82) is 0 Å². The molecule has 29 heavy (non-hydrogen) atoms. The maximum absolute atomic E-state index is 10.4. The Morgan fingerprint density at radius 2 is 1.41 bits per heavy atom. The largest absolute Gasteiger partial charge is 0.497 e. The molecule has 1 aromatic heterocycles. The summed E-state index contributed by atoms with van der Waals surface area (Å²) in [5.41, 5.74) is 0.727. The lowest BCUT2D eigenvalue weighted by Crippen LogP contribution is -1.97. The molecule has 3 aromatic rings. The van der Waals surface area contributed by atoms with Crippen LogP contribution in [0.2, 0.25) is 0 Å². The third-order valence-electron chi connectivity index (χ3n) is 3.76. The van der Waals surface area contributed by atoms with Gasteiger partial charge in [0.1, 0.15) is 0 Å². The maximum atomic E-state index is 10.4. The van der Waals surface area contributed by atoms with Crippen LogP contribution in [0.3, 0.4) is 0 Å².